The number of ether oxygens (including phenoxy) is 1. The van der Waals surface area contributed by atoms with Crippen LogP contribution in [0.4, 0.5) is 5.69 Å². The van der Waals surface area contributed by atoms with Crippen molar-refractivity contribution in [2.45, 2.75) is 110 Å². The third-order valence-corrected chi connectivity index (χ3v) is 8.23. The first kappa shape index (κ1) is 35.4. The van der Waals surface area contributed by atoms with E-state index < -0.39 is 0 Å². The highest BCUT2D eigenvalue weighted by molar-refractivity contribution is 8.93. The minimum atomic E-state index is 0. The van der Waals surface area contributed by atoms with Crippen LogP contribution in [0.5, 0.6) is 5.75 Å². The summed E-state index contributed by atoms with van der Waals surface area (Å²) in [5.74, 6) is 1.99. The minimum Gasteiger partial charge on any atom is -0.494 e. The van der Waals surface area contributed by atoms with Gasteiger partial charge in [-0.1, -0.05) is 115 Å². The first-order chi connectivity index (χ1) is 21.2. The molecule has 2 aromatic carbocycles. The first-order valence-electron chi connectivity index (χ1n) is 16.7. The summed E-state index contributed by atoms with van der Waals surface area (Å²) in [6.07, 6.45) is 21.2. The smallest absolute Gasteiger partial charge is 0.227 e. The van der Waals surface area contributed by atoms with Crippen molar-refractivity contribution in [1.29, 1.82) is 0 Å². The first-order valence-corrected chi connectivity index (χ1v) is 16.7. The summed E-state index contributed by atoms with van der Waals surface area (Å²) >= 11 is 0. The van der Waals surface area contributed by atoms with Crippen molar-refractivity contribution < 1.29 is 9.53 Å². The number of benzene rings is 2. The SMILES string of the molecule is Br.CCCCCCCCCCCCCCOc1ccc(CN(C(=O)CC)c2cccc(Cc3ncc4ccccn34)c2)cc1. The number of hydrogen-bond acceptors (Lipinski definition) is 3. The number of fused-ring (bicyclic) bond motifs is 1. The van der Waals surface area contributed by atoms with Crippen molar-refractivity contribution in [3.05, 3.63) is 96.1 Å². The minimum absolute atomic E-state index is 0. The van der Waals surface area contributed by atoms with E-state index >= 15 is 0 Å². The van der Waals surface area contributed by atoms with E-state index in [4.69, 9.17) is 4.74 Å². The standard InChI is InChI=1S/C38H51N3O2.BrH/c1-3-5-6-7-8-9-10-11-12-13-14-17-27-43-36-24-22-32(23-25-36)31-41(38(42)4-2)34-21-18-19-33(28-34)29-37-39-30-35-20-15-16-26-40(35)37;/h15-16,18-26,28,30H,3-14,17,27,29,31H2,1-2H3;1H. The number of amides is 1. The highest BCUT2D eigenvalue weighted by Gasteiger charge is 2.16. The fourth-order valence-electron chi connectivity index (χ4n) is 5.67. The van der Waals surface area contributed by atoms with Crippen LogP contribution in [0.25, 0.3) is 5.52 Å². The second-order valence-corrected chi connectivity index (χ2v) is 11.7. The van der Waals surface area contributed by atoms with Crippen LogP contribution in [0, 0.1) is 0 Å². The summed E-state index contributed by atoms with van der Waals surface area (Å²) < 4.78 is 8.13. The lowest BCUT2D eigenvalue weighted by molar-refractivity contribution is -0.118. The molecule has 2 heterocycles. The number of carbonyl (C=O) groups is 1. The van der Waals surface area contributed by atoms with Crippen LogP contribution in [0.1, 0.15) is 114 Å². The van der Waals surface area contributed by atoms with Gasteiger partial charge in [-0.3, -0.25) is 4.79 Å². The van der Waals surface area contributed by atoms with Crippen LogP contribution in [0.15, 0.2) is 79.1 Å². The molecular formula is C38H52BrN3O2. The van der Waals surface area contributed by atoms with Gasteiger partial charge in [0.05, 0.1) is 24.9 Å². The Kier molecular flexibility index (Phi) is 16.1. The molecule has 0 spiro atoms. The van der Waals surface area contributed by atoms with E-state index in [1.807, 2.05) is 60.6 Å². The van der Waals surface area contributed by atoms with Gasteiger partial charge in [-0.05, 0) is 53.9 Å². The van der Waals surface area contributed by atoms with Gasteiger partial charge in [0.25, 0.3) is 0 Å². The molecule has 0 aliphatic heterocycles. The summed E-state index contributed by atoms with van der Waals surface area (Å²) in [4.78, 5) is 19.5. The molecule has 4 rings (SSSR count). The van der Waals surface area contributed by atoms with E-state index in [0.717, 1.165) is 46.9 Å². The summed E-state index contributed by atoms with van der Waals surface area (Å²) in [6, 6.07) is 22.6. The van der Waals surface area contributed by atoms with Crippen molar-refractivity contribution in [2.24, 2.45) is 0 Å². The van der Waals surface area contributed by atoms with Crippen molar-refractivity contribution in [3.63, 3.8) is 0 Å². The molecule has 0 saturated carbocycles. The zero-order chi connectivity index (χ0) is 30.1. The highest BCUT2D eigenvalue weighted by atomic mass is 79.9. The number of rotatable bonds is 20. The zero-order valence-electron chi connectivity index (χ0n) is 26.9. The van der Waals surface area contributed by atoms with Crippen LogP contribution >= 0.6 is 17.0 Å². The molecule has 4 aromatic rings. The van der Waals surface area contributed by atoms with E-state index in [0.29, 0.717) is 19.4 Å². The van der Waals surface area contributed by atoms with Gasteiger partial charge in [0.15, 0.2) is 0 Å². The number of pyridine rings is 1. The number of nitrogens with zero attached hydrogens (tertiary/aromatic N) is 3. The van der Waals surface area contributed by atoms with Crippen molar-refractivity contribution in [3.8, 4) is 5.75 Å². The van der Waals surface area contributed by atoms with Gasteiger partial charge in [0.2, 0.25) is 5.91 Å². The molecule has 0 aliphatic carbocycles. The monoisotopic (exact) mass is 661 g/mol. The molecule has 44 heavy (non-hydrogen) atoms. The Hall–Kier alpha value is -3.12. The second-order valence-electron chi connectivity index (χ2n) is 11.7. The van der Waals surface area contributed by atoms with E-state index in [1.54, 1.807) is 0 Å². The third-order valence-electron chi connectivity index (χ3n) is 8.23. The number of anilines is 1. The van der Waals surface area contributed by atoms with Crippen LogP contribution in [-0.4, -0.2) is 21.9 Å². The van der Waals surface area contributed by atoms with Crippen molar-refractivity contribution in [2.75, 3.05) is 11.5 Å². The van der Waals surface area contributed by atoms with E-state index in [9.17, 15) is 4.79 Å². The van der Waals surface area contributed by atoms with Gasteiger partial charge in [0, 0.05) is 24.7 Å². The molecule has 238 valence electrons. The Morgan fingerprint density at radius 1 is 0.773 bits per heavy atom. The average Bonchev–Trinajstić information content (AvgIpc) is 3.45. The quantitative estimate of drug-likeness (QED) is 0.0885. The fourth-order valence-corrected chi connectivity index (χ4v) is 5.67. The number of halogens is 1. The average molecular weight is 663 g/mol. The lowest BCUT2D eigenvalue weighted by Gasteiger charge is -2.23. The summed E-state index contributed by atoms with van der Waals surface area (Å²) in [5.41, 5.74) is 4.21. The highest BCUT2D eigenvalue weighted by Crippen LogP contribution is 2.23. The predicted octanol–water partition coefficient (Wildman–Crippen LogP) is 10.5. The van der Waals surface area contributed by atoms with E-state index in [2.05, 4.69) is 46.6 Å². The fraction of sp³-hybridized carbons (Fsp3) is 0.474. The lowest BCUT2D eigenvalue weighted by Crippen LogP contribution is -2.29. The number of unbranched alkanes of at least 4 members (excludes halogenated alkanes) is 11. The maximum absolute atomic E-state index is 13.0. The van der Waals surface area contributed by atoms with Gasteiger partial charge >= 0.3 is 0 Å². The second kappa shape index (κ2) is 20.0. The molecule has 0 N–H and O–H groups in total. The van der Waals surface area contributed by atoms with Crippen molar-refractivity contribution >= 4 is 34.1 Å². The molecule has 5 nitrogen and oxygen atoms in total. The Bertz CT molecular complexity index is 1370. The molecular weight excluding hydrogens is 610 g/mol. The maximum Gasteiger partial charge on any atom is 0.227 e. The zero-order valence-corrected chi connectivity index (χ0v) is 28.6. The van der Waals surface area contributed by atoms with Crippen LogP contribution in [0.2, 0.25) is 0 Å². The molecule has 1 amide bonds. The summed E-state index contributed by atoms with van der Waals surface area (Å²) in [5, 5.41) is 0. The van der Waals surface area contributed by atoms with Crippen LogP contribution in [-0.2, 0) is 17.8 Å². The lowest BCUT2D eigenvalue weighted by atomic mass is 10.1. The van der Waals surface area contributed by atoms with Gasteiger partial charge in [-0.25, -0.2) is 4.98 Å². The van der Waals surface area contributed by atoms with E-state index in [-0.39, 0.29) is 22.9 Å². The molecule has 6 heteroatoms. The molecule has 0 unspecified atom stereocenters. The Morgan fingerprint density at radius 3 is 2.14 bits per heavy atom. The molecule has 0 bridgehead atoms. The molecule has 0 atom stereocenters. The molecule has 0 saturated heterocycles. The molecule has 0 fully saturated rings. The topological polar surface area (TPSA) is 46.8 Å². The number of aromatic nitrogens is 2. The number of hydrogen-bond donors (Lipinski definition) is 0. The maximum atomic E-state index is 13.0. The molecule has 0 radical (unpaired) electrons. The predicted molar refractivity (Wildman–Crippen MR) is 189 cm³/mol. The third kappa shape index (κ3) is 11.4. The Morgan fingerprint density at radius 2 is 1.45 bits per heavy atom. The van der Waals surface area contributed by atoms with Crippen molar-refractivity contribution in [1.82, 2.24) is 9.38 Å². The van der Waals surface area contributed by atoms with Crippen LogP contribution in [0.3, 0.4) is 0 Å². The number of imidazole rings is 1. The Labute approximate surface area is 275 Å². The molecule has 0 aliphatic rings. The van der Waals surface area contributed by atoms with Crippen LogP contribution < -0.4 is 9.64 Å². The largest absolute Gasteiger partial charge is 0.494 e. The molecule has 2 aromatic heterocycles. The van der Waals surface area contributed by atoms with E-state index in [1.165, 1.54) is 70.6 Å². The van der Waals surface area contributed by atoms with Gasteiger partial charge in [-0.2, -0.15) is 0 Å². The van der Waals surface area contributed by atoms with Gasteiger partial charge in [0.1, 0.15) is 11.6 Å². The normalized spacial score (nSPS) is 11.0. The number of carbonyl (C=O) groups excluding carboxylic acids is 1. The summed E-state index contributed by atoms with van der Waals surface area (Å²) in [7, 11) is 0. The van der Waals surface area contributed by atoms with Gasteiger partial charge in [-0.15, -0.1) is 17.0 Å². The Balaban J connectivity index is 0.00000529. The van der Waals surface area contributed by atoms with Gasteiger partial charge < -0.3 is 14.0 Å². The summed E-state index contributed by atoms with van der Waals surface area (Å²) in [6.45, 7) is 5.49.